The smallest absolute Gasteiger partial charge is 0.315 e. The summed E-state index contributed by atoms with van der Waals surface area (Å²) in [5, 5.41) is 0. The van der Waals surface area contributed by atoms with Gasteiger partial charge in [0.2, 0.25) is 0 Å². The van der Waals surface area contributed by atoms with Gasteiger partial charge in [0, 0.05) is 0 Å². The largest absolute Gasteiger partial charge is 0.452 e. The van der Waals surface area contributed by atoms with E-state index in [-0.39, 0.29) is 0 Å². The quantitative estimate of drug-likeness (QED) is 0.559. The van der Waals surface area contributed by atoms with E-state index in [2.05, 4.69) is 0 Å². The molecule has 0 amide bonds. The average molecular weight is 205 g/mol. The second kappa shape index (κ2) is 3.78. The van der Waals surface area contributed by atoms with Crippen LogP contribution in [0.25, 0.3) is 0 Å². The SMILES string of the molecule is O=CC(Cl)(Cl)Oc1ccccc1. The van der Waals surface area contributed by atoms with Gasteiger partial charge >= 0.3 is 4.52 Å². The van der Waals surface area contributed by atoms with Crippen LogP contribution in [0.15, 0.2) is 30.3 Å². The lowest BCUT2D eigenvalue weighted by Gasteiger charge is -2.13. The van der Waals surface area contributed by atoms with E-state index in [1.807, 2.05) is 6.07 Å². The van der Waals surface area contributed by atoms with E-state index in [1.54, 1.807) is 24.3 Å². The van der Waals surface area contributed by atoms with Gasteiger partial charge in [-0.05, 0) is 35.3 Å². The van der Waals surface area contributed by atoms with Gasteiger partial charge in [-0.25, -0.2) is 0 Å². The van der Waals surface area contributed by atoms with Crippen LogP contribution in [0.5, 0.6) is 5.75 Å². The van der Waals surface area contributed by atoms with Crippen LogP contribution in [-0.2, 0) is 4.79 Å². The highest BCUT2D eigenvalue weighted by Crippen LogP contribution is 2.23. The highest BCUT2D eigenvalue weighted by atomic mass is 35.5. The van der Waals surface area contributed by atoms with Crippen molar-refractivity contribution < 1.29 is 9.53 Å². The topological polar surface area (TPSA) is 26.3 Å². The van der Waals surface area contributed by atoms with Crippen LogP contribution < -0.4 is 4.74 Å². The minimum Gasteiger partial charge on any atom is -0.452 e. The standard InChI is InChI=1S/C8H6Cl2O2/c9-8(10,6-11)12-7-4-2-1-3-5-7/h1-6H. The molecular formula is C8H6Cl2O2. The lowest BCUT2D eigenvalue weighted by atomic mass is 10.3. The first-order valence-electron chi connectivity index (χ1n) is 3.22. The van der Waals surface area contributed by atoms with Gasteiger partial charge in [0.15, 0.2) is 6.29 Å². The molecule has 0 aromatic heterocycles. The molecule has 0 N–H and O–H groups in total. The number of carbonyl (C=O) groups excluding carboxylic acids is 1. The Morgan fingerprint density at radius 3 is 2.33 bits per heavy atom. The Morgan fingerprint density at radius 1 is 1.25 bits per heavy atom. The zero-order valence-electron chi connectivity index (χ0n) is 6.04. The Bertz CT molecular complexity index is 259. The fraction of sp³-hybridized carbons (Fsp3) is 0.125. The maximum Gasteiger partial charge on any atom is 0.315 e. The number of rotatable bonds is 3. The first-order valence-corrected chi connectivity index (χ1v) is 3.98. The van der Waals surface area contributed by atoms with Crippen molar-refractivity contribution in [3.05, 3.63) is 30.3 Å². The van der Waals surface area contributed by atoms with Gasteiger partial charge in [0.1, 0.15) is 5.75 Å². The van der Waals surface area contributed by atoms with Crippen LogP contribution in [0.2, 0.25) is 0 Å². The van der Waals surface area contributed by atoms with Crippen LogP contribution >= 0.6 is 23.2 Å². The Morgan fingerprint density at radius 2 is 1.83 bits per heavy atom. The molecule has 0 fully saturated rings. The normalized spacial score (nSPS) is 10.8. The van der Waals surface area contributed by atoms with Crippen LogP contribution in [0.4, 0.5) is 0 Å². The third-order valence-corrected chi connectivity index (χ3v) is 1.47. The Kier molecular flexibility index (Phi) is 2.95. The van der Waals surface area contributed by atoms with E-state index < -0.39 is 4.52 Å². The summed E-state index contributed by atoms with van der Waals surface area (Å²) in [5.74, 6) is 0.453. The van der Waals surface area contributed by atoms with E-state index in [9.17, 15) is 4.79 Å². The first-order chi connectivity index (χ1) is 5.64. The second-order valence-electron chi connectivity index (χ2n) is 2.09. The summed E-state index contributed by atoms with van der Waals surface area (Å²) >= 11 is 10.9. The lowest BCUT2D eigenvalue weighted by molar-refractivity contribution is -0.112. The van der Waals surface area contributed by atoms with Crippen LogP contribution in [-0.4, -0.2) is 10.8 Å². The predicted octanol–water partition coefficient (Wildman–Crippen LogP) is 2.40. The fourth-order valence-electron chi connectivity index (χ4n) is 0.670. The summed E-state index contributed by atoms with van der Waals surface area (Å²) in [4.78, 5) is 10.2. The zero-order valence-corrected chi connectivity index (χ0v) is 7.55. The van der Waals surface area contributed by atoms with Crippen molar-refractivity contribution in [3.8, 4) is 5.75 Å². The second-order valence-corrected chi connectivity index (χ2v) is 3.41. The summed E-state index contributed by atoms with van der Waals surface area (Å²) in [5.41, 5.74) is 0. The molecule has 0 atom stereocenters. The predicted molar refractivity (Wildman–Crippen MR) is 47.6 cm³/mol. The van der Waals surface area contributed by atoms with E-state index in [4.69, 9.17) is 27.9 Å². The van der Waals surface area contributed by atoms with E-state index >= 15 is 0 Å². The molecule has 1 rings (SSSR count). The van der Waals surface area contributed by atoms with Gasteiger partial charge < -0.3 is 4.74 Å². The number of aldehydes is 1. The molecule has 0 unspecified atom stereocenters. The zero-order chi connectivity index (χ0) is 9.03. The van der Waals surface area contributed by atoms with Gasteiger partial charge in [-0.3, -0.25) is 4.79 Å². The molecule has 0 aliphatic carbocycles. The van der Waals surface area contributed by atoms with E-state index in [1.165, 1.54) is 0 Å². The van der Waals surface area contributed by atoms with E-state index in [0.29, 0.717) is 12.0 Å². The van der Waals surface area contributed by atoms with Gasteiger partial charge in [0.05, 0.1) is 0 Å². The minimum absolute atomic E-state index is 0.323. The molecule has 2 nitrogen and oxygen atoms in total. The summed E-state index contributed by atoms with van der Waals surface area (Å²) in [7, 11) is 0. The van der Waals surface area contributed by atoms with Crippen molar-refractivity contribution in [2.75, 3.05) is 0 Å². The molecule has 64 valence electrons. The molecule has 12 heavy (non-hydrogen) atoms. The molecule has 0 aliphatic heterocycles. The van der Waals surface area contributed by atoms with Crippen molar-refractivity contribution in [2.45, 2.75) is 4.52 Å². The molecule has 1 aromatic rings. The minimum atomic E-state index is -1.79. The number of carbonyl (C=O) groups is 1. The maximum atomic E-state index is 10.2. The third-order valence-electron chi connectivity index (χ3n) is 1.13. The average Bonchev–Trinajstić information content (AvgIpc) is 2.06. The van der Waals surface area contributed by atoms with Crippen molar-refractivity contribution in [1.82, 2.24) is 0 Å². The van der Waals surface area contributed by atoms with E-state index in [0.717, 1.165) is 0 Å². The van der Waals surface area contributed by atoms with Crippen LogP contribution in [0, 0.1) is 0 Å². The summed E-state index contributed by atoms with van der Waals surface area (Å²) in [6, 6.07) is 8.64. The number of hydrogen-bond donors (Lipinski definition) is 0. The Hall–Kier alpha value is -0.730. The lowest BCUT2D eigenvalue weighted by Crippen LogP contribution is -2.23. The molecule has 0 saturated carbocycles. The van der Waals surface area contributed by atoms with Crippen molar-refractivity contribution >= 4 is 29.5 Å². The van der Waals surface area contributed by atoms with Gasteiger partial charge in [0.25, 0.3) is 0 Å². The molecular weight excluding hydrogens is 199 g/mol. The van der Waals surface area contributed by atoms with Crippen LogP contribution in [0.1, 0.15) is 0 Å². The Balaban J connectivity index is 2.70. The molecule has 0 heterocycles. The summed E-state index contributed by atoms with van der Waals surface area (Å²) in [6.45, 7) is 0. The van der Waals surface area contributed by atoms with Crippen molar-refractivity contribution in [1.29, 1.82) is 0 Å². The van der Waals surface area contributed by atoms with Gasteiger partial charge in [-0.2, -0.15) is 0 Å². The molecule has 0 spiro atoms. The monoisotopic (exact) mass is 204 g/mol. The number of benzene rings is 1. The van der Waals surface area contributed by atoms with Gasteiger partial charge in [-0.1, -0.05) is 18.2 Å². The number of halogens is 2. The molecule has 0 bridgehead atoms. The highest BCUT2D eigenvalue weighted by molar-refractivity contribution is 6.54. The molecule has 0 saturated heterocycles. The van der Waals surface area contributed by atoms with Crippen molar-refractivity contribution in [3.63, 3.8) is 0 Å². The first kappa shape index (κ1) is 9.36. The maximum absolute atomic E-state index is 10.2. The number of para-hydroxylation sites is 1. The summed E-state index contributed by atoms with van der Waals surface area (Å²) < 4.78 is 3.12. The molecule has 1 aromatic carbocycles. The fourth-order valence-corrected chi connectivity index (χ4v) is 0.848. The number of alkyl halides is 2. The van der Waals surface area contributed by atoms with Crippen molar-refractivity contribution in [2.24, 2.45) is 0 Å². The Labute approximate surface area is 80.0 Å². The molecule has 0 radical (unpaired) electrons. The third kappa shape index (κ3) is 2.72. The number of ether oxygens (including phenoxy) is 1. The van der Waals surface area contributed by atoms with Crippen LogP contribution in [0.3, 0.4) is 0 Å². The molecule has 0 aliphatic rings. The highest BCUT2D eigenvalue weighted by Gasteiger charge is 2.24. The number of hydrogen-bond acceptors (Lipinski definition) is 2. The summed E-state index contributed by atoms with van der Waals surface area (Å²) in [6.07, 6.45) is 0.323. The molecule has 4 heteroatoms. The van der Waals surface area contributed by atoms with Gasteiger partial charge in [-0.15, -0.1) is 0 Å².